The molecule has 0 saturated carbocycles. The lowest BCUT2D eigenvalue weighted by Crippen LogP contribution is -2.55. The standard InChI is InChI=1S/C15H16N2O4/c16-10-6-2-5-9-15(17,13(18)19)14(20)21-11-12-7-3-1-4-8-12/h1-4,6-8H,5,9,11,17H2,(H,18,19)/b6-2-. The summed E-state index contributed by atoms with van der Waals surface area (Å²) >= 11 is 0. The maximum Gasteiger partial charge on any atom is 0.338 e. The number of carboxylic acids is 1. The normalized spacial score (nSPS) is 13.3. The Hall–Kier alpha value is -2.65. The number of aliphatic carboxylic acids is 1. The summed E-state index contributed by atoms with van der Waals surface area (Å²) in [5.74, 6) is -2.45. The third-order valence-corrected chi connectivity index (χ3v) is 2.86. The van der Waals surface area contributed by atoms with Crippen LogP contribution in [0.15, 0.2) is 42.5 Å². The first-order chi connectivity index (χ1) is 10.0. The zero-order chi connectivity index (χ0) is 15.7. The van der Waals surface area contributed by atoms with E-state index in [0.29, 0.717) is 0 Å². The van der Waals surface area contributed by atoms with E-state index in [0.717, 1.165) is 5.56 Å². The highest BCUT2D eigenvalue weighted by molar-refractivity contribution is 6.03. The van der Waals surface area contributed by atoms with Crippen LogP contribution in [0.25, 0.3) is 0 Å². The highest BCUT2D eigenvalue weighted by atomic mass is 16.5. The van der Waals surface area contributed by atoms with Crippen LogP contribution in [-0.2, 0) is 20.9 Å². The predicted octanol–water partition coefficient (Wildman–Crippen LogP) is 1.37. The quantitative estimate of drug-likeness (QED) is 0.445. The topological polar surface area (TPSA) is 113 Å². The lowest BCUT2D eigenvalue weighted by Gasteiger charge is -2.22. The molecule has 1 rings (SSSR count). The van der Waals surface area contributed by atoms with Crippen molar-refractivity contribution in [2.45, 2.75) is 25.0 Å². The van der Waals surface area contributed by atoms with Crippen LogP contribution in [0.5, 0.6) is 0 Å². The largest absolute Gasteiger partial charge is 0.479 e. The summed E-state index contributed by atoms with van der Waals surface area (Å²) in [6.07, 6.45) is 2.71. The summed E-state index contributed by atoms with van der Waals surface area (Å²) in [4.78, 5) is 23.1. The van der Waals surface area contributed by atoms with Gasteiger partial charge >= 0.3 is 11.9 Å². The number of carboxylic acid groups (broad SMARTS) is 1. The number of allylic oxidation sites excluding steroid dienone is 2. The van der Waals surface area contributed by atoms with Crippen LogP contribution >= 0.6 is 0 Å². The number of carbonyl (C=O) groups excluding carboxylic acids is 1. The average molecular weight is 288 g/mol. The molecular weight excluding hydrogens is 272 g/mol. The van der Waals surface area contributed by atoms with E-state index in [9.17, 15) is 9.59 Å². The van der Waals surface area contributed by atoms with Gasteiger partial charge in [0.1, 0.15) is 6.61 Å². The lowest BCUT2D eigenvalue weighted by atomic mass is 9.94. The first-order valence-corrected chi connectivity index (χ1v) is 6.28. The number of nitrogens with two attached hydrogens (primary N) is 1. The first-order valence-electron chi connectivity index (χ1n) is 6.28. The SMILES string of the molecule is N#C/C=C\CCC(N)(C(=O)O)C(=O)OCc1ccccc1. The van der Waals surface area contributed by atoms with Crippen molar-refractivity contribution in [3.05, 3.63) is 48.0 Å². The second kappa shape index (κ2) is 7.82. The molecule has 0 heterocycles. The zero-order valence-electron chi connectivity index (χ0n) is 11.4. The van der Waals surface area contributed by atoms with Crippen molar-refractivity contribution in [1.29, 1.82) is 5.26 Å². The van der Waals surface area contributed by atoms with Crippen molar-refractivity contribution in [3.8, 4) is 6.07 Å². The molecule has 0 aliphatic rings. The van der Waals surface area contributed by atoms with Crippen LogP contribution in [0.4, 0.5) is 0 Å². The Bertz CT molecular complexity index is 563. The number of hydrogen-bond donors (Lipinski definition) is 2. The van der Waals surface area contributed by atoms with Gasteiger partial charge in [-0.05, 0) is 18.4 Å². The molecule has 21 heavy (non-hydrogen) atoms. The van der Waals surface area contributed by atoms with E-state index < -0.39 is 17.5 Å². The van der Waals surface area contributed by atoms with Gasteiger partial charge in [0.2, 0.25) is 5.54 Å². The molecule has 3 N–H and O–H groups in total. The molecule has 0 bridgehead atoms. The molecule has 1 aromatic rings. The van der Waals surface area contributed by atoms with Crippen molar-refractivity contribution in [1.82, 2.24) is 0 Å². The van der Waals surface area contributed by atoms with Crippen LogP contribution in [0.2, 0.25) is 0 Å². The van der Waals surface area contributed by atoms with Crippen molar-refractivity contribution >= 4 is 11.9 Å². The molecule has 6 heteroatoms. The van der Waals surface area contributed by atoms with Crippen molar-refractivity contribution in [2.24, 2.45) is 5.73 Å². The van der Waals surface area contributed by atoms with Crippen LogP contribution in [0.3, 0.4) is 0 Å². The Morgan fingerprint density at radius 1 is 1.38 bits per heavy atom. The van der Waals surface area contributed by atoms with E-state index in [1.165, 1.54) is 12.2 Å². The van der Waals surface area contributed by atoms with Crippen molar-refractivity contribution in [3.63, 3.8) is 0 Å². The fraction of sp³-hybridized carbons (Fsp3) is 0.267. The number of hydrogen-bond acceptors (Lipinski definition) is 5. The van der Waals surface area contributed by atoms with Crippen molar-refractivity contribution < 1.29 is 19.4 Å². The summed E-state index contributed by atoms with van der Waals surface area (Å²) in [7, 11) is 0. The number of rotatable bonds is 7. The van der Waals surface area contributed by atoms with E-state index in [4.69, 9.17) is 20.8 Å². The van der Waals surface area contributed by atoms with Gasteiger partial charge in [0.15, 0.2) is 0 Å². The molecule has 0 aromatic heterocycles. The summed E-state index contributed by atoms with van der Waals surface area (Å²) < 4.78 is 4.98. The third-order valence-electron chi connectivity index (χ3n) is 2.86. The predicted molar refractivity (Wildman–Crippen MR) is 74.8 cm³/mol. The summed E-state index contributed by atoms with van der Waals surface area (Å²) in [5, 5.41) is 17.5. The van der Waals surface area contributed by atoms with Gasteiger partial charge < -0.3 is 15.6 Å². The molecule has 0 aliphatic carbocycles. The van der Waals surface area contributed by atoms with Crippen molar-refractivity contribution in [2.75, 3.05) is 0 Å². The molecule has 0 spiro atoms. The number of esters is 1. The molecule has 1 aromatic carbocycles. The van der Waals surface area contributed by atoms with Gasteiger partial charge in [-0.3, -0.25) is 0 Å². The van der Waals surface area contributed by atoms with Gasteiger partial charge in [-0.1, -0.05) is 36.4 Å². The minimum Gasteiger partial charge on any atom is -0.479 e. The molecule has 6 nitrogen and oxygen atoms in total. The summed E-state index contributed by atoms with van der Waals surface area (Å²) in [6, 6.07) is 10.7. The molecule has 0 saturated heterocycles. The van der Waals surface area contributed by atoms with Gasteiger partial charge in [0, 0.05) is 6.08 Å². The Morgan fingerprint density at radius 3 is 2.62 bits per heavy atom. The second-order valence-corrected chi connectivity index (χ2v) is 4.41. The van der Waals surface area contributed by atoms with E-state index in [-0.39, 0.29) is 19.4 Å². The highest BCUT2D eigenvalue weighted by Gasteiger charge is 2.43. The molecule has 0 fully saturated rings. The number of benzene rings is 1. The highest BCUT2D eigenvalue weighted by Crippen LogP contribution is 2.15. The molecule has 0 amide bonds. The molecule has 1 atom stereocenters. The van der Waals surface area contributed by atoms with Gasteiger partial charge in [0.25, 0.3) is 0 Å². The maximum atomic E-state index is 11.9. The van der Waals surface area contributed by atoms with Crippen LogP contribution in [0.1, 0.15) is 18.4 Å². The Morgan fingerprint density at radius 2 is 2.05 bits per heavy atom. The fourth-order valence-electron chi connectivity index (χ4n) is 1.60. The van der Waals surface area contributed by atoms with E-state index in [1.54, 1.807) is 30.3 Å². The molecule has 110 valence electrons. The number of carbonyl (C=O) groups is 2. The van der Waals surface area contributed by atoms with Gasteiger partial charge in [-0.15, -0.1) is 0 Å². The van der Waals surface area contributed by atoms with Gasteiger partial charge in [-0.25, -0.2) is 9.59 Å². The number of ether oxygens (including phenoxy) is 1. The van der Waals surface area contributed by atoms with Crippen LogP contribution in [-0.4, -0.2) is 22.6 Å². The Balaban J connectivity index is 2.66. The molecular formula is C15H16N2O4. The van der Waals surface area contributed by atoms with E-state index in [1.807, 2.05) is 6.07 Å². The van der Waals surface area contributed by atoms with Crippen LogP contribution < -0.4 is 5.73 Å². The fourth-order valence-corrected chi connectivity index (χ4v) is 1.60. The smallest absolute Gasteiger partial charge is 0.338 e. The minimum atomic E-state index is -2.12. The summed E-state index contributed by atoms with van der Waals surface area (Å²) in [6.45, 7) is -0.0417. The van der Waals surface area contributed by atoms with Gasteiger partial charge in [0.05, 0.1) is 6.07 Å². The van der Waals surface area contributed by atoms with E-state index in [2.05, 4.69) is 0 Å². The third kappa shape index (κ3) is 4.75. The second-order valence-electron chi connectivity index (χ2n) is 4.41. The lowest BCUT2D eigenvalue weighted by molar-refractivity contribution is -0.162. The number of nitriles is 1. The minimum absolute atomic E-state index is 0.0417. The number of nitrogens with zero attached hydrogens (tertiary/aromatic N) is 1. The average Bonchev–Trinajstić information content (AvgIpc) is 2.49. The zero-order valence-corrected chi connectivity index (χ0v) is 11.4. The first kappa shape index (κ1) is 16.4. The monoisotopic (exact) mass is 288 g/mol. The molecule has 0 aliphatic heterocycles. The molecule has 0 radical (unpaired) electrons. The maximum absolute atomic E-state index is 11.9. The van der Waals surface area contributed by atoms with E-state index >= 15 is 0 Å². The molecule has 1 unspecified atom stereocenters. The van der Waals surface area contributed by atoms with Gasteiger partial charge in [-0.2, -0.15) is 5.26 Å². The van der Waals surface area contributed by atoms with Crippen LogP contribution in [0, 0.1) is 11.3 Å². The Labute approximate surface area is 122 Å². The Kier molecular flexibility index (Phi) is 6.11. The summed E-state index contributed by atoms with van der Waals surface area (Å²) in [5.41, 5.74) is 4.26.